The van der Waals surface area contributed by atoms with E-state index >= 15 is 0 Å². The number of nitrogens with one attached hydrogen (secondary N) is 1. The maximum atomic E-state index is 4.26. The first kappa shape index (κ1) is 14.5. The van der Waals surface area contributed by atoms with Crippen molar-refractivity contribution < 1.29 is 0 Å². The molecule has 0 fully saturated rings. The van der Waals surface area contributed by atoms with E-state index in [1.165, 1.54) is 0 Å². The van der Waals surface area contributed by atoms with Gasteiger partial charge in [-0.15, -0.1) is 10.2 Å². The second-order valence-corrected chi connectivity index (χ2v) is 4.62. The van der Waals surface area contributed by atoms with Gasteiger partial charge in [-0.25, -0.2) is 0 Å². The molecule has 20 heavy (non-hydrogen) atoms. The van der Waals surface area contributed by atoms with Crippen molar-refractivity contribution in [2.45, 2.75) is 13.8 Å². The van der Waals surface area contributed by atoms with Gasteiger partial charge in [0.1, 0.15) is 5.82 Å². The zero-order valence-electron chi connectivity index (χ0n) is 12.2. The Bertz CT molecular complexity index is 492. The van der Waals surface area contributed by atoms with Crippen LogP contribution in [0, 0.1) is 0 Å². The normalized spacial score (nSPS) is 10.8. The molecule has 1 aromatic carbocycles. The van der Waals surface area contributed by atoms with Crippen molar-refractivity contribution in [2.75, 3.05) is 31.5 Å². The molecule has 4 heteroatoms. The highest BCUT2D eigenvalue weighted by atomic mass is 15.2. The molecule has 2 aromatic rings. The molecule has 0 spiro atoms. The summed E-state index contributed by atoms with van der Waals surface area (Å²) in [5, 5.41) is 11.8. The summed E-state index contributed by atoms with van der Waals surface area (Å²) in [7, 11) is 0. The summed E-state index contributed by atoms with van der Waals surface area (Å²) in [4.78, 5) is 2.37. The Morgan fingerprint density at radius 2 is 1.70 bits per heavy atom. The number of aromatic nitrogens is 2. The Labute approximate surface area is 120 Å². The molecule has 1 aromatic heterocycles. The van der Waals surface area contributed by atoms with Gasteiger partial charge in [0, 0.05) is 18.7 Å². The van der Waals surface area contributed by atoms with Crippen LogP contribution in [0.25, 0.3) is 11.3 Å². The van der Waals surface area contributed by atoms with Crippen LogP contribution in [-0.2, 0) is 0 Å². The lowest BCUT2D eigenvalue weighted by molar-refractivity contribution is 0.316. The van der Waals surface area contributed by atoms with E-state index in [4.69, 9.17) is 0 Å². The van der Waals surface area contributed by atoms with Crippen LogP contribution in [0.2, 0.25) is 0 Å². The summed E-state index contributed by atoms with van der Waals surface area (Å²) in [6.45, 7) is 8.43. The molecule has 0 bridgehead atoms. The first-order chi connectivity index (χ1) is 9.83. The van der Waals surface area contributed by atoms with Crippen LogP contribution in [0.5, 0.6) is 0 Å². The minimum absolute atomic E-state index is 0.830. The Balaban J connectivity index is 1.89. The predicted octanol–water partition coefficient (Wildman–Crippen LogP) is 2.90. The number of hydrogen-bond donors (Lipinski definition) is 1. The van der Waals surface area contributed by atoms with E-state index in [9.17, 15) is 0 Å². The van der Waals surface area contributed by atoms with E-state index in [0.29, 0.717) is 0 Å². The van der Waals surface area contributed by atoms with Gasteiger partial charge < -0.3 is 10.2 Å². The van der Waals surface area contributed by atoms with Crippen LogP contribution in [0.1, 0.15) is 13.8 Å². The van der Waals surface area contributed by atoms with E-state index in [-0.39, 0.29) is 0 Å². The van der Waals surface area contributed by atoms with Crippen molar-refractivity contribution in [3.05, 3.63) is 42.5 Å². The largest absolute Gasteiger partial charge is 0.367 e. The van der Waals surface area contributed by atoms with E-state index in [1.807, 2.05) is 42.5 Å². The van der Waals surface area contributed by atoms with E-state index in [1.54, 1.807) is 0 Å². The lowest BCUT2D eigenvalue weighted by Gasteiger charge is -2.18. The number of nitrogens with zero attached hydrogens (tertiary/aromatic N) is 3. The Kier molecular flexibility index (Phi) is 5.50. The molecule has 0 amide bonds. The highest BCUT2D eigenvalue weighted by Crippen LogP contribution is 2.15. The van der Waals surface area contributed by atoms with Crippen LogP contribution in [-0.4, -0.2) is 41.3 Å². The fourth-order valence-electron chi connectivity index (χ4n) is 2.07. The fourth-order valence-corrected chi connectivity index (χ4v) is 2.07. The van der Waals surface area contributed by atoms with Crippen molar-refractivity contribution in [1.29, 1.82) is 0 Å². The lowest BCUT2D eigenvalue weighted by Crippen LogP contribution is -2.28. The lowest BCUT2D eigenvalue weighted by atomic mass is 10.1. The molecule has 0 aliphatic rings. The summed E-state index contributed by atoms with van der Waals surface area (Å²) in [5.41, 5.74) is 1.99. The van der Waals surface area contributed by atoms with Gasteiger partial charge in [-0.2, -0.15) is 0 Å². The Morgan fingerprint density at radius 3 is 2.30 bits per heavy atom. The van der Waals surface area contributed by atoms with Crippen LogP contribution in [0.15, 0.2) is 42.5 Å². The van der Waals surface area contributed by atoms with Crippen molar-refractivity contribution >= 4 is 5.82 Å². The third-order valence-corrected chi connectivity index (χ3v) is 3.36. The minimum atomic E-state index is 0.830. The summed E-state index contributed by atoms with van der Waals surface area (Å²) in [6.07, 6.45) is 0. The first-order valence-corrected chi connectivity index (χ1v) is 7.19. The quantitative estimate of drug-likeness (QED) is 0.840. The molecule has 106 valence electrons. The second kappa shape index (κ2) is 7.60. The summed E-state index contributed by atoms with van der Waals surface area (Å²) in [6, 6.07) is 14.1. The smallest absolute Gasteiger partial charge is 0.148 e. The van der Waals surface area contributed by atoms with Crippen molar-refractivity contribution in [1.82, 2.24) is 15.1 Å². The molecule has 0 saturated carbocycles. The van der Waals surface area contributed by atoms with Crippen molar-refractivity contribution in [2.24, 2.45) is 0 Å². The monoisotopic (exact) mass is 270 g/mol. The van der Waals surface area contributed by atoms with Crippen molar-refractivity contribution in [3.8, 4) is 11.3 Å². The third kappa shape index (κ3) is 4.03. The van der Waals surface area contributed by atoms with Crippen molar-refractivity contribution in [3.63, 3.8) is 0 Å². The zero-order chi connectivity index (χ0) is 14.2. The summed E-state index contributed by atoms with van der Waals surface area (Å²) >= 11 is 0. The van der Waals surface area contributed by atoms with Gasteiger partial charge in [-0.3, -0.25) is 0 Å². The molecule has 2 rings (SSSR count). The highest BCUT2D eigenvalue weighted by molar-refractivity contribution is 5.59. The zero-order valence-corrected chi connectivity index (χ0v) is 12.2. The van der Waals surface area contributed by atoms with E-state index in [0.717, 1.165) is 43.3 Å². The van der Waals surface area contributed by atoms with E-state index in [2.05, 4.69) is 34.3 Å². The number of benzene rings is 1. The van der Waals surface area contributed by atoms with Crippen LogP contribution >= 0.6 is 0 Å². The molecule has 1 heterocycles. The Hall–Kier alpha value is -1.94. The van der Waals surface area contributed by atoms with E-state index < -0.39 is 0 Å². The number of rotatable bonds is 7. The average molecular weight is 270 g/mol. The molecule has 4 nitrogen and oxygen atoms in total. The van der Waals surface area contributed by atoms with Gasteiger partial charge in [0.2, 0.25) is 0 Å². The van der Waals surface area contributed by atoms with Gasteiger partial charge in [-0.05, 0) is 25.2 Å². The van der Waals surface area contributed by atoms with Gasteiger partial charge in [0.05, 0.1) is 5.69 Å². The van der Waals surface area contributed by atoms with Crippen LogP contribution < -0.4 is 5.32 Å². The second-order valence-electron chi connectivity index (χ2n) is 4.62. The molecule has 0 aliphatic heterocycles. The molecule has 0 aliphatic carbocycles. The van der Waals surface area contributed by atoms with Gasteiger partial charge >= 0.3 is 0 Å². The van der Waals surface area contributed by atoms with Crippen LogP contribution in [0.3, 0.4) is 0 Å². The molecule has 1 N–H and O–H groups in total. The molecule has 0 unspecified atom stereocenters. The van der Waals surface area contributed by atoms with Crippen LogP contribution in [0.4, 0.5) is 5.82 Å². The van der Waals surface area contributed by atoms with Gasteiger partial charge in [0.25, 0.3) is 0 Å². The first-order valence-electron chi connectivity index (χ1n) is 7.19. The molecule has 0 atom stereocenters. The minimum Gasteiger partial charge on any atom is -0.367 e. The number of likely N-dealkylation sites (N-methyl/N-ethyl adjacent to an activating group) is 1. The standard InChI is InChI=1S/C16H22N4/c1-3-20(4-2)13-12-17-16-11-10-15(18-19-16)14-8-6-5-7-9-14/h5-11H,3-4,12-13H2,1-2H3,(H,17,19). The highest BCUT2D eigenvalue weighted by Gasteiger charge is 2.01. The molecular formula is C16H22N4. The topological polar surface area (TPSA) is 41.0 Å². The molecule has 0 saturated heterocycles. The fraction of sp³-hybridized carbons (Fsp3) is 0.375. The molecular weight excluding hydrogens is 248 g/mol. The summed E-state index contributed by atoms with van der Waals surface area (Å²) in [5.74, 6) is 0.830. The maximum absolute atomic E-state index is 4.26. The third-order valence-electron chi connectivity index (χ3n) is 3.36. The molecule has 0 radical (unpaired) electrons. The maximum Gasteiger partial charge on any atom is 0.148 e. The summed E-state index contributed by atoms with van der Waals surface area (Å²) < 4.78 is 0. The predicted molar refractivity (Wildman–Crippen MR) is 83.7 cm³/mol. The number of hydrogen-bond acceptors (Lipinski definition) is 4. The Morgan fingerprint density at radius 1 is 0.950 bits per heavy atom. The van der Waals surface area contributed by atoms with Gasteiger partial charge in [-0.1, -0.05) is 44.2 Å². The number of anilines is 1. The van der Waals surface area contributed by atoms with Gasteiger partial charge in [0.15, 0.2) is 0 Å². The SMILES string of the molecule is CCN(CC)CCNc1ccc(-c2ccccc2)nn1. The average Bonchev–Trinajstić information content (AvgIpc) is 2.53.